The molecule has 51 heavy (non-hydrogen) atoms. The third kappa shape index (κ3) is 5.99. The van der Waals surface area contributed by atoms with Gasteiger partial charge in [0.2, 0.25) is 0 Å². The fraction of sp³-hybridized carbons (Fsp3) is 0.884. The number of hydrogen-bond acceptors (Lipinski definition) is 7. The number of ketones is 1. The number of esters is 1. The molecule has 1 saturated heterocycles. The number of aliphatic hydroxyl groups excluding tert-OH is 1. The minimum atomic E-state index is -1.16. The van der Waals surface area contributed by atoms with Crippen molar-refractivity contribution >= 4 is 17.7 Å². The molecule has 8 nitrogen and oxygen atoms in total. The van der Waals surface area contributed by atoms with Gasteiger partial charge in [-0.2, -0.15) is 0 Å². The van der Waals surface area contributed by atoms with Crippen LogP contribution in [-0.2, 0) is 23.9 Å². The van der Waals surface area contributed by atoms with E-state index in [0.29, 0.717) is 24.8 Å². The van der Waals surface area contributed by atoms with E-state index in [1.807, 2.05) is 0 Å². The molecule has 2 N–H and O–H groups in total. The topological polar surface area (TPSA) is 113 Å². The number of aliphatic carboxylic acids is 1. The molecular weight excluding hydrogens is 642 g/mol. The van der Waals surface area contributed by atoms with Crippen molar-refractivity contribution in [3.05, 3.63) is 11.1 Å². The number of hydrogen-bond donors (Lipinski definition) is 2. The maximum atomic E-state index is 14.1. The molecule has 5 aliphatic carbocycles. The molecule has 4 saturated carbocycles. The van der Waals surface area contributed by atoms with Crippen LogP contribution in [0, 0.1) is 56.2 Å². The van der Waals surface area contributed by atoms with E-state index < -0.39 is 28.9 Å². The molecular formula is C43H69NO7. The van der Waals surface area contributed by atoms with E-state index in [0.717, 1.165) is 70.0 Å². The number of nitrogens with zero attached hydrogens (tertiary/aromatic N) is 1. The first kappa shape index (κ1) is 38.9. The SMILES string of the molecule is CC1CN(C[C@@H](O)[C@@]23CC[C@]4(C)[C@H](CC[C@@H]5[C@@]6(C)CC[C@H](OC(=O)CC(C)(C)C(=O)O)C(C)(C)[C@@H]6CC[C@]54C)C2=C(C(C)C)C(=O)C3)CC(C)O1. The quantitative estimate of drug-likeness (QED) is 0.245. The Bertz CT molecular complexity index is 1440. The number of rotatable bonds is 8. The molecule has 6 aliphatic rings. The second kappa shape index (κ2) is 12.9. The van der Waals surface area contributed by atoms with E-state index in [1.165, 1.54) is 5.57 Å². The summed E-state index contributed by atoms with van der Waals surface area (Å²) in [4.78, 5) is 41.3. The molecule has 0 radical (unpaired) electrons. The number of fused-ring (bicyclic) bond motifs is 7. The Morgan fingerprint density at radius 1 is 0.922 bits per heavy atom. The highest BCUT2D eigenvalue weighted by molar-refractivity contribution is 6.00. The van der Waals surface area contributed by atoms with Crippen LogP contribution in [0.4, 0.5) is 0 Å². The summed E-state index contributed by atoms with van der Waals surface area (Å²) in [6.07, 6.45) is 7.69. The fourth-order valence-electron chi connectivity index (χ4n) is 13.8. The smallest absolute Gasteiger partial charge is 0.309 e. The number of carbonyl (C=O) groups excluding carboxylic acids is 2. The van der Waals surface area contributed by atoms with E-state index in [-0.39, 0.29) is 64.0 Å². The minimum Gasteiger partial charge on any atom is -0.481 e. The Labute approximate surface area is 307 Å². The van der Waals surface area contributed by atoms with Crippen molar-refractivity contribution < 1.29 is 34.1 Å². The van der Waals surface area contributed by atoms with Gasteiger partial charge >= 0.3 is 11.9 Å². The lowest BCUT2D eigenvalue weighted by Gasteiger charge is -2.72. The number of β-amino-alcohol motifs (C(OH)–C–C–N with tert-alkyl or cyclic N) is 1. The third-order valence-electron chi connectivity index (χ3n) is 16.4. The van der Waals surface area contributed by atoms with Crippen molar-refractivity contribution in [1.29, 1.82) is 0 Å². The highest BCUT2D eigenvalue weighted by atomic mass is 16.5. The van der Waals surface area contributed by atoms with E-state index in [1.54, 1.807) is 13.8 Å². The number of allylic oxidation sites excluding steroid dienone is 1. The number of carbonyl (C=O) groups is 3. The predicted molar refractivity (Wildman–Crippen MR) is 198 cm³/mol. The van der Waals surface area contributed by atoms with Crippen LogP contribution in [0.3, 0.4) is 0 Å². The summed E-state index contributed by atoms with van der Waals surface area (Å²) in [5.74, 6) is 0.145. The summed E-state index contributed by atoms with van der Waals surface area (Å²) in [5, 5.41) is 22.0. The molecule has 6 rings (SSSR count). The van der Waals surface area contributed by atoms with Gasteiger partial charge in [-0.1, -0.05) is 54.0 Å². The molecule has 0 spiro atoms. The normalized spacial score (nSPS) is 43.2. The predicted octanol–water partition coefficient (Wildman–Crippen LogP) is 7.85. The number of aliphatic hydroxyl groups is 1. The van der Waals surface area contributed by atoms with Gasteiger partial charge in [-0.3, -0.25) is 19.3 Å². The largest absolute Gasteiger partial charge is 0.481 e. The number of carboxylic acid groups (broad SMARTS) is 1. The lowest BCUT2D eigenvalue weighted by Crippen LogP contribution is -2.66. The molecule has 0 bridgehead atoms. The van der Waals surface area contributed by atoms with Crippen molar-refractivity contribution in [2.45, 2.75) is 165 Å². The summed E-state index contributed by atoms with van der Waals surface area (Å²) in [7, 11) is 0. The van der Waals surface area contributed by atoms with Crippen LogP contribution in [-0.4, -0.2) is 76.9 Å². The van der Waals surface area contributed by atoms with E-state index in [4.69, 9.17) is 9.47 Å². The Hall–Kier alpha value is -1.77. The summed E-state index contributed by atoms with van der Waals surface area (Å²) in [6.45, 7) is 26.1. The van der Waals surface area contributed by atoms with Gasteiger partial charge in [0.15, 0.2) is 5.78 Å². The van der Waals surface area contributed by atoms with Crippen LogP contribution in [0.25, 0.3) is 0 Å². The molecule has 5 fully saturated rings. The lowest BCUT2D eigenvalue weighted by atomic mass is 9.33. The van der Waals surface area contributed by atoms with Crippen molar-refractivity contribution in [1.82, 2.24) is 4.90 Å². The second-order valence-corrected chi connectivity index (χ2v) is 20.5. The van der Waals surface area contributed by atoms with Crippen molar-refractivity contribution in [3.63, 3.8) is 0 Å². The van der Waals surface area contributed by atoms with Gasteiger partial charge in [0.25, 0.3) is 0 Å². The zero-order chi connectivity index (χ0) is 37.7. The monoisotopic (exact) mass is 712 g/mol. The molecule has 288 valence electrons. The second-order valence-electron chi connectivity index (χ2n) is 20.5. The molecule has 1 aliphatic heterocycles. The van der Waals surface area contributed by atoms with Crippen LogP contribution < -0.4 is 0 Å². The number of carboxylic acids is 1. The van der Waals surface area contributed by atoms with Crippen LogP contribution in [0.5, 0.6) is 0 Å². The van der Waals surface area contributed by atoms with Crippen LogP contribution in [0.1, 0.15) is 140 Å². The fourth-order valence-corrected chi connectivity index (χ4v) is 13.8. The Morgan fingerprint density at radius 3 is 2.18 bits per heavy atom. The number of morpholine rings is 1. The van der Waals surface area contributed by atoms with Crippen molar-refractivity contribution in [2.24, 2.45) is 56.2 Å². The first-order chi connectivity index (χ1) is 23.5. The number of ether oxygens (including phenoxy) is 2. The van der Waals surface area contributed by atoms with Gasteiger partial charge in [-0.05, 0) is 125 Å². The summed E-state index contributed by atoms with van der Waals surface area (Å²) >= 11 is 0. The Morgan fingerprint density at radius 2 is 1.57 bits per heavy atom. The zero-order valence-electron chi connectivity index (χ0n) is 33.7. The Kier molecular flexibility index (Phi) is 9.87. The van der Waals surface area contributed by atoms with Crippen LogP contribution in [0.15, 0.2) is 11.1 Å². The molecule has 8 heteroatoms. The Balaban J connectivity index is 1.28. The van der Waals surface area contributed by atoms with Gasteiger partial charge in [-0.25, -0.2) is 0 Å². The average Bonchev–Trinajstić information content (AvgIpc) is 3.31. The van der Waals surface area contributed by atoms with E-state index in [9.17, 15) is 24.6 Å². The first-order valence-corrected chi connectivity index (χ1v) is 20.3. The molecule has 1 heterocycles. The summed E-state index contributed by atoms with van der Waals surface area (Å²) in [6, 6.07) is 0. The summed E-state index contributed by atoms with van der Waals surface area (Å²) < 4.78 is 12.2. The van der Waals surface area contributed by atoms with Gasteiger partial charge in [0, 0.05) is 36.9 Å². The molecule has 0 aromatic heterocycles. The molecule has 0 aromatic rings. The minimum absolute atomic E-state index is 0.00503. The van der Waals surface area contributed by atoms with Gasteiger partial charge in [-0.15, -0.1) is 0 Å². The van der Waals surface area contributed by atoms with Gasteiger partial charge in [0.1, 0.15) is 6.10 Å². The highest BCUT2D eigenvalue weighted by Gasteiger charge is 2.71. The van der Waals surface area contributed by atoms with Crippen molar-refractivity contribution in [2.75, 3.05) is 19.6 Å². The zero-order valence-corrected chi connectivity index (χ0v) is 33.7. The number of Topliss-reactive ketones (excluding diaryl/α,β-unsaturated/α-hetero) is 1. The van der Waals surface area contributed by atoms with Crippen LogP contribution >= 0.6 is 0 Å². The molecule has 2 unspecified atom stereocenters. The van der Waals surface area contributed by atoms with Gasteiger partial charge in [0.05, 0.1) is 30.1 Å². The first-order valence-electron chi connectivity index (χ1n) is 20.3. The summed E-state index contributed by atoms with van der Waals surface area (Å²) in [5.41, 5.74) is 0.606. The maximum Gasteiger partial charge on any atom is 0.309 e. The highest BCUT2D eigenvalue weighted by Crippen LogP contribution is 2.77. The maximum absolute atomic E-state index is 14.1. The van der Waals surface area contributed by atoms with E-state index in [2.05, 4.69) is 67.2 Å². The average molecular weight is 712 g/mol. The van der Waals surface area contributed by atoms with Crippen LogP contribution in [0.2, 0.25) is 0 Å². The molecule has 0 aromatic carbocycles. The van der Waals surface area contributed by atoms with E-state index >= 15 is 0 Å². The van der Waals surface area contributed by atoms with Crippen molar-refractivity contribution in [3.8, 4) is 0 Å². The standard InChI is InChI=1S/C43H69NO7/c1-25(2)35-29(45)20-43(32(46)24-44-22-26(3)50-27(4)23-44)19-18-41(10)28(36(35)43)12-13-31-40(9)16-15-33(51-34(47)21-38(5,6)37(48)49)39(7,8)30(40)14-17-42(31,41)11/h25-28,30-33,46H,12-24H2,1-11H3,(H,48,49)/t26?,27?,28-,30+,31-,32-,33+,40+,41-,42-,43+/m1/s1. The lowest BCUT2D eigenvalue weighted by molar-refractivity contribution is -0.235. The molecule has 0 amide bonds. The van der Waals surface area contributed by atoms with Gasteiger partial charge < -0.3 is 19.7 Å². The third-order valence-corrected chi connectivity index (χ3v) is 16.4. The molecule has 11 atom stereocenters.